The number of halogens is 5. The van der Waals surface area contributed by atoms with Crippen LogP contribution in [0.2, 0.25) is 0 Å². The van der Waals surface area contributed by atoms with Crippen molar-refractivity contribution in [3.63, 3.8) is 0 Å². The highest BCUT2D eigenvalue weighted by atomic mass is 19.4. The molecule has 1 fully saturated rings. The molecular formula is C18H15F5N4O2. The third kappa shape index (κ3) is 4.00. The summed E-state index contributed by atoms with van der Waals surface area (Å²) in [6.45, 7) is 0.0697. The van der Waals surface area contributed by atoms with E-state index in [4.69, 9.17) is 9.47 Å². The van der Waals surface area contributed by atoms with Crippen LogP contribution in [0.3, 0.4) is 0 Å². The number of benzene rings is 1. The molecule has 0 unspecified atom stereocenters. The summed E-state index contributed by atoms with van der Waals surface area (Å²) >= 11 is 0. The maximum absolute atomic E-state index is 13.8. The summed E-state index contributed by atoms with van der Waals surface area (Å²) in [6.07, 6.45) is -4.46. The van der Waals surface area contributed by atoms with Crippen molar-refractivity contribution in [1.82, 2.24) is 19.8 Å². The van der Waals surface area contributed by atoms with Crippen molar-refractivity contribution in [2.24, 2.45) is 0 Å². The molecule has 4 rings (SSSR count). The smallest absolute Gasteiger partial charge is 0.422 e. The van der Waals surface area contributed by atoms with Gasteiger partial charge < -0.3 is 9.47 Å². The fourth-order valence-corrected chi connectivity index (χ4v) is 2.99. The molecule has 0 spiro atoms. The molecule has 0 aliphatic carbocycles. The summed E-state index contributed by atoms with van der Waals surface area (Å²) in [5.41, 5.74) is 1.76. The van der Waals surface area contributed by atoms with Gasteiger partial charge in [0, 0.05) is 18.4 Å². The van der Waals surface area contributed by atoms with Crippen molar-refractivity contribution < 1.29 is 31.4 Å². The number of aromatic nitrogens is 4. The lowest BCUT2D eigenvalue weighted by atomic mass is 9.91. The van der Waals surface area contributed by atoms with E-state index in [-0.39, 0.29) is 17.3 Å². The quantitative estimate of drug-likeness (QED) is 0.592. The first kappa shape index (κ1) is 19.5. The zero-order valence-electron chi connectivity index (χ0n) is 15.1. The molecule has 29 heavy (non-hydrogen) atoms. The van der Waals surface area contributed by atoms with Crippen molar-refractivity contribution in [2.45, 2.75) is 24.9 Å². The molecule has 11 heteroatoms. The summed E-state index contributed by atoms with van der Waals surface area (Å²) in [7, 11) is 0. The highest BCUT2D eigenvalue weighted by Gasteiger charge is 2.32. The predicted octanol–water partition coefficient (Wildman–Crippen LogP) is 3.96. The maximum Gasteiger partial charge on any atom is 0.422 e. The zero-order chi connectivity index (χ0) is 20.8. The molecule has 0 bridgehead atoms. The van der Waals surface area contributed by atoms with Gasteiger partial charge in [0.1, 0.15) is 5.75 Å². The Hall–Kier alpha value is -2.82. The largest absolute Gasteiger partial charge is 0.484 e. The Morgan fingerprint density at radius 3 is 2.48 bits per heavy atom. The Balaban J connectivity index is 1.75. The first-order valence-electron chi connectivity index (χ1n) is 8.64. The molecular weight excluding hydrogens is 399 g/mol. The van der Waals surface area contributed by atoms with E-state index in [1.54, 1.807) is 12.1 Å². The van der Waals surface area contributed by atoms with Crippen LogP contribution in [-0.2, 0) is 10.7 Å². The van der Waals surface area contributed by atoms with E-state index in [1.165, 1.54) is 18.2 Å². The SMILES string of the molecule is CC(F)(F)c1nnc2ccc(-c3ccc(OCC(F)(F)F)cc3C3COC3)nn12. The first-order chi connectivity index (χ1) is 13.6. The lowest BCUT2D eigenvalue weighted by molar-refractivity contribution is -0.153. The van der Waals surface area contributed by atoms with Crippen LogP contribution in [-0.4, -0.2) is 45.8 Å². The van der Waals surface area contributed by atoms with Crippen molar-refractivity contribution in [2.75, 3.05) is 19.8 Å². The molecule has 0 amide bonds. The maximum atomic E-state index is 13.8. The van der Waals surface area contributed by atoms with E-state index in [0.29, 0.717) is 37.0 Å². The molecule has 0 atom stereocenters. The highest BCUT2D eigenvalue weighted by Crippen LogP contribution is 2.36. The van der Waals surface area contributed by atoms with Crippen molar-refractivity contribution in [3.05, 3.63) is 41.7 Å². The number of fused-ring (bicyclic) bond motifs is 1. The van der Waals surface area contributed by atoms with Gasteiger partial charge in [0.2, 0.25) is 5.82 Å². The zero-order valence-corrected chi connectivity index (χ0v) is 15.1. The van der Waals surface area contributed by atoms with Crippen molar-refractivity contribution in [1.29, 1.82) is 0 Å². The number of nitrogens with zero attached hydrogens (tertiary/aromatic N) is 4. The van der Waals surface area contributed by atoms with Crippen LogP contribution in [0.15, 0.2) is 30.3 Å². The fraction of sp³-hybridized carbons (Fsp3) is 0.389. The second kappa shape index (κ2) is 6.90. The normalized spacial score (nSPS) is 15.5. The molecule has 0 radical (unpaired) electrons. The van der Waals surface area contributed by atoms with E-state index >= 15 is 0 Å². The van der Waals surface area contributed by atoms with Gasteiger partial charge in [-0.3, -0.25) is 0 Å². The molecule has 6 nitrogen and oxygen atoms in total. The average Bonchev–Trinajstić information content (AvgIpc) is 3.01. The molecule has 154 valence electrons. The first-order valence-corrected chi connectivity index (χ1v) is 8.64. The fourth-order valence-electron chi connectivity index (χ4n) is 2.99. The molecule has 0 N–H and O–H groups in total. The third-order valence-corrected chi connectivity index (χ3v) is 4.43. The van der Waals surface area contributed by atoms with Gasteiger partial charge in [-0.15, -0.1) is 10.2 Å². The van der Waals surface area contributed by atoms with Gasteiger partial charge in [0.25, 0.3) is 0 Å². The van der Waals surface area contributed by atoms with E-state index in [9.17, 15) is 22.0 Å². The van der Waals surface area contributed by atoms with E-state index in [2.05, 4.69) is 15.3 Å². The van der Waals surface area contributed by atoms with Gasteiger partial charge in [-0.05, 0) is 35.9 Å². The molecule has 1 aromatic carbocycles. The Morgan fingerprint density at radius 2 is 1.86 bits per heavy atom. The molecule has 2 aromatic heterocycles. The minimum atomic E-state index is -4.46. The van der Waals surface area contributed by atoms with Gasteiger partial charge in [-0.25, -0.2) is 0 Å². The highest BCUT2D eigenvalue weighted by molar-refractivity contribution is 5.67. The van der Waals surface area contributed by atoms with E-state index in [1.807, 2.05) is 0 Å². The molecule has 0 saturated carbocycles. The van der Waals surface area contributed by atoms with E-state index in [0.717, 1.165) is 4.52 Å². The Bertz CT molecular complexity index is 1040. The predicted molar refractivity (Wildman–Crippen MR) is 90.9 cm³/mol. The van der Waals surface area contributed by atoms with Crippen LogP contribution in [0, 0.1) is 0 Å². The van der Waals surface area contributed by atoms with Crippen LogP contribution in [0.4, 0.5) is 22.0 Å². The minimum absolute atomic E-state index is 0.0548. The number of ether oxygens (including phenoxy) is 2. The summed E-state index contributed by atoms with van der Waals surface area (Å²) in [5.74, 6) is -3.86. The average molecular weight is 414 g/mol. The lowest BCUT2D eigenvalue weighted by Gasteiger charge is -2.28. The molecule has 1 aliphatic rings. The van der Waals surface area contributed by atoms with Gasteiger partial charge in [-0.1, -0.05) is 0 Å². The molecule has 1 saturated heterocycles. The standard InChI is InChI=1S/C18H15F5N4O2/c1-17(19,20)16-25-24-15-5-4-14(26-27(15)16)12-3-2-11(29-9-18(21,22)23)6-13(12)10-7-28-8-10/h2-6,10H,7-9H2,1H3. The lowest BCUT2D eigenvalue weighted by Crippen LogP contribution is -2.26. The number of rotatable bonds is 5. The van der Waals surface area contributed by atoms with Crippen LogP contribution in [0.25, 0.3) is 16.9 Å². The summed E-state index contributed by atoms with van der Waals surface area (Å²) in [4.78, 5) is 0. The third-order valence-electron chi connectivity index (χ3n) is 4.43. The van der Waals surface area contributed by atoms with Crippen LogP contribution >= 0.6 is 0 Å². The number of hydrogen-bond acceptors (Lipinski definition) is 5. The van der Waals surface area contributed by atoms with Gasteiger partial charge in [-0.2, -0.15) is 31.6 Å². The molecule has 3 aromatic rings. The van der Waals surface area contributed by atoms with E-state index < -0.39 is 24.5 Å². The Morgan fingerprint density at radius 1 is 1.10 bits per heavy atom. The van der Waals surface area contributed by atoms with Crippen LogP contribution in [0.5, 0.6) is 5.75 Å². The van der Waals surface area contributed by atoms with Gasteiger partial charge in [0.05, 0.1) is 18.9 Å². The summed E-state index contributed by atoms with van der Waals surface area (Å²) in [5, 5.41) is 11.4. The van der Waals surface area contributed by atoms with Crippen LogP contribution < -0.4 is 4.74 Å². The second-order valence-corrected chi connectivity index (χ2v) is 6.79. The summed E-state index contributed by atoms with van der Waals surface area (Å²) < 4.78 is 75.9. The second-order valence-electron chi connectivity index (χ2n) is 6.79. The van der Waals surface area contributed by atoms with Gasteiger partial charge >= 0.3 is 12.1 Å². The van der Waals surface area contributed by atoms with Crippen molar-refractivity contribution >= 4 is 5.65 Å². The monoisotopic (exact) mass is 414 g/mol. The Labute approximate surface area is 161 Å². The number of hydrogen-bond donors (Lipinski definition) is 0. The topological polar surface area (TPSA) is 61.5 Å². The van der Waals surface area contributed by atoms with Crippen molar-refractivity contribution in [3.8, 4) is 17.0 Å². The molecule has 1 aliphatic heterocycles. The summed E-state index contributed by atoms with van der Waals surface area (Å²) in [6, 6.07) is 7.54. The Kier molecular flexibility index (Phi) is 4.64. The number of alkyl halides is 5. The van der Waals surface area contributed by atoms with Gasteiger partial charge in [0.15, 0.2) is 12.3 Å². The van der Waals surface area contributed by atoms with Crippen LogP contribution in [0.1, 0.15) is 24.2 Å². The molecule has 3 heterocycles. The minimum Gasteiger partial charge on any atom is -0.484 e.